The lowest BCUT2D eigenvalue weighted by Gasteiger charge is -2.19. The summed E-state index contributed by atoms with van der Waals surface area (Å²) in [7, 11) is 0. The number of hydrogen-bond donors (Lipinski definition) is 2. The first-order chi connectivity index (χ1) is 8.40. The fourth-order valence-corrected chi connectivity index (χ4v) is 1.51. The molecule has 1 amide bonds. The molecular formula is C14H21NO3. The molecule has 0 heterocycles. The van der Waals surface area contributed by atoms with Gasteiger partial charge in [0.1, 0.15) is 5.60 Å². The minimum atomic E-state index is -0.501. The van der Waals surface area contributed by atoms with Crippen LogP contribution >= 0.6 is 0 Å². The number of nitrogens with one attached hydrogen (secondary N) is 1. The van der Waals surface area contributed by atoms with Gasteiger partial charge in [-0.15, -0.1) is 0 Å². The van der Waals surface area contributed by atoms with E-state index in [1.807, 2.05) is 45.0 Å². The molecule has 1 aromatic rings. The van der Waals surface area contributed by atoms with Gasteiger partial charge < -0.3 is 9.84 Å². The lowest BCUT2D eigenvalue weighted by atomic mass is 10.1. The molecule has 100 valence electrons. The van der Waals surface area contributed by atoms with Crippen LogP contribution in [0.3, 0.4) is 0 Å². The van der Waals surface area contributed by atoms with E-state index in [1.54, 1.807) is 0 Å². The minimum Gasteiger partial charge on any atom is -0.444 e. The zero-order valence-corrected chi connectivity index (χ0v) is 11.2. The Kier molecular flexibility index (Phi) is 5.16. The smallest absolute Gasteiger partial charge is 0.412 e. The summed E-state index contributed by atoms with van der Waals surface area (Å²) in [5, 5.41) is 11.5. The number of hydrogen-bond acceptors (Lipinski definition) is 3. The largest absolute Gasteiger partial charge is 0.444 e. The number of benzene rings is 1. The summed E-state index contributed by atoms with van der Waals surface area (Å²) in [4.78, 5) is 11.6. The number of anilines is 1. The van der Waals surface area contributed by atoms with E-state index in [0.29, 0.717) is 5.69 Å². The third-order valence-electron chi connectivity index (χ3n) is 2.20. The molecule has 0 spiro atoms. The molecular weight excluding hydrogens is 230 g/mol. The van der Waals surface area contributed by atoms with Gasteiger partial charge in [0.15, 0.2) is 0 Å². The maximum absolute atomic E-state index is 11.6. The van der Waals surface area contributed by atoms with Crippen molar-refractivity contribution in [1.82, 2.24) is 0 Å². The molecule has 0 fully saturated rings. The van der Waals surface area contributed by atoms with Crippen molar-refractivity contribution in [2.45, 2.75) is 39.2 Å². The first kappa shape index (κ1) is 14.5. The summed E-state index contributed by atoms with van der Waals surface area (Å²) in [6, 6.07) is 7.54. The van der Waals surface area contributed by atoms with Crippen molar-refractivity contribution >= 4 is 11.8 Å². The molecule has 18 heavy (non-hydrogen) atoms. The van der Waals surface area contributed by atoms with Gasteiger partial charge in [-0.1, -0.05) is 12.1 Å². The summed E-state index contributed by atoms with van der Waals surface area (Å²) < 4.78 is 5.17. The van der Waals surface area contributed by atoms with E-state index in [4.69, 9.17) is 9.84 Å². The average molecular weight is 251 g/mol. The highest BCUT2D eigenvalue weighted by atomic mass is 16.6. The van der Waals surface area contributed by atoms with Crippen LogP contribution in [-0.2, 0) is 11.2 Å². The molecule has 1 aromatic carbocycles. The van der Waals surface area contributed by atoms with Crippen molar-refractivity contribution in [3.63, 3.8) is 0 Å². The Balaban J connectivity index is 2.59. The summed E-state index contributed by atoms with van der Waals surface area (Å²) in [6.07, 6.45) is 1.05. The Morgan fingerprint density at radius 1 is 1.39 bits per heavy atom. The molecule has 0 saturated heterocycles. The van der Waals surface area contributed by atoms with Crippen LogP contribution in [0.25, 0.3) is 0 Å². The highest BCUT2D eigenvalue weighted by molar-refractivity contribution is 5.84. The number of ether oxygens (including phenoxy) is 1. The van der Waals surface area contributed by atoms with Gasteiger partial charge in [0.25, 0.3) is 0 Å². The second kappa shape index (κ2) is 6.40. The molecule has 0 aromatic heterocycles. The normalized spacial score (nSPS) is 11.1. The van der Waals surface area contributed by atoms with E-state index >= 15 is 0 Å². The molecule has 0 unspecified atom stereocenters. The third-order valence-corrected chi connectivity index (χ3v) is 2.20. The fourth-order valence-electron chi connectivity index (χ4n) is 1.51. The first-order valence-corrected chi connectivity index (χ1v) is 6.10. The average Bonchev–Trinajstić information content (AvgIpc) is 2.24. The van der Waals surface area contributed by atoms with Crippen LogP contribution in [0.2, 0.25) is 0 Å². The zero-order valence-electron chi connectivity index (χ0n) is 11.2. The Labute approximate surface area is 108 Å². The van der Waals surface area contributed by atoms with Gasteiger partial charge in [-0.2, -0.15) is 0 Å². The maximum atomic E-state index is 11.6. The highest BCUT2D eigenvalue weighted by Gasteiger charge is 2.16. The zero-order chi connectivity index (χ0) is 13.6. The van der Waals surface area contributed by atoms with E-state index < -0.39 is 11.7 Å². The van der Waals surface area contributed by atoms with Gasteiger partial charge in [0, 0.05) is 12.3 Å². The fraction of sp³-hybridized carbons (Fsp3) is 0.500. The number of aryl methyl sites for hydroxylation is 1. The number of amides is 1. The number of aliphatic hydroxyl groups is 1. The van der Waals surface area contributed by atoms with Gasteiger partial charge in [0.2, 0.25) is 0 Å². The van der Waals surface area contributed by atoms with Crippen molar-refractivity contribution in [1.29, 1.82) is 0 Å². The second-order valence-electron chi connectivity index (χ2n) is 5.15. The van der Waals surface area contributed by atoms with Gasteiger partial charge in [0.05, 0.1) is 0 Å². The lowest BCUT2D eigenvalue weighted by Crippen LogP contribution is -2.27. The molecule has 1 rings (SSSR count). The van der Waals surface area contributed by atoms with Crippen LogP contribution in [0.15, 0.2) is 24.3 Å². The predicted octanol–water partition coefficient (Wildman–Crippen LogP) is 2.96. The molecule has 0 atom stereocenters. The van der Waals surface area contributed by atoms with Crippen molar-refractivity contribution in [2.75, 3.05) is 11.9 Å². The quantitative estimate of drug-likeness (QED) is 0.865. The van der Waals surface area contributed by atoms with Crippen molar-refractivity contribution in [2.24, 2.45) is 0 Å². The van der Waals surface area contributed by atoms with Gasteiger partial charge >= 0.3 is 6.09 Å². The number of rotatable bonds is 4. The second-order valence-corrected chi connectivity index (χ2v) is 5.15. The molecule has 0 aliphatic heterocycles. The standard InChI is InChI=1S/C14H21NO3/c1-14(2,3)18-13(17)15-12-8-4-6-11(10-12)7-5-9-16/h4,6,8,10,16H,5,7,9H2,1-3H3,(H,15,17). The van der Waals surface area contributed by atoms with Gasteiger partial charge in [-0.25, -0.2) is 4.79 Å². The van der Waals surface area contributed by atoms with Crippen LogP contribution in [0.5, 0.6) is 0 Å². The van der Waals surface area contributed by atoms with Crippen molar-refractivity contribution < 1.29 is 14.6 Å². The van der Waals surface area contributed by atoms with E-state index in [-0.39, 0.29) is 6.61 Å². The molecule has 0 radical (unpaired) electrons. The molecule has 0 aliphatic carbocycles. The molecule has 2 N–H and O–H groups in total. The Morgan fingerprint density at radius 3 is 2.72 bits per heavy atom. The minimum absolute atomic E-state index is 0.170. The van der Waals surface area contributed by atoms with Crippen LogP contribution in [-0.4, -0.2) is 23.4 Å². The molecule has 0 aliphatic rings. The monoisotopic (exact) mass is 251 g/mol. The van der Waals surface area contributed by atoms with E-state index in [9.17, 15) is 4.79 Å². The predicted molar refractivity (Wildman–Crippen MR) is 71.7 cm³/mol. The van der Waals surface area contributed by atoms with Crippen LogP contribution < -0.4 is 5.32 Å². The number of carbonyl (C=O) groups excluding carboxylic acids is 1. The summed E-state index contributed by atoms with van der Waals surface area (Å²) in [5.74, 6) is 0. The molecule has 4 heteroatoms. The van der Waals surface area contributed by atoms with Crippen LogP contribution in [0.1, 0.15) is 32.8 Å². The maximum Gasteiger partial charge on any atom is 0.412 e. The first-order valence-electron chi connectivity index (χ1n) is 6.10. The van der Waals surface area contributed by atoms with E-state index in [0.717, 1.165) is 18.4 Å². The van der Waals surface area contributed by atoms with Gasteiger partial charge in [-0.3, -0.25) is 5.32 Å². The topological polar surface area (TPSA) is 58.6 Å². The summed E-state index contributed by atoms with van der Waals surface area (Å²) in [6.45, 7) is 5.64. The summed E-state index contributed by atoms with van der Waals surface area (Å²) >= 11 is 0. The molecule has 4 nitrogen and oxygen atoms in total. The Morgan fingerprint density at radius 2 is 2.11 bits per heavy atom. The van der Waals surface area contributed by atoms with E-state index in [2.05, 4.69) is 5.32 Å². The third kappa shape index (κ3) is 5.68. The summed E-state index contributed by atoms with van der Waals surface area (Å²) in [5.41, 5.74) is 1.29. The lowest BCUT2D eigenvalue weighted by molar-refractivity contribution is 0.0636. The molecule has 0 bridgehead atoms. The Hall–Kier alpha value is -1.55. The SMILES string of the molecule is CC(C)(C)OC(=O)Nc1cccc(CCCO)c1. The van der Waals surface area contributed by atoms with Crippen molar-refractivity contribution in [3.8, 4) is 0 Å². The van der Waals surface area contributed by atoms with Crippen molar-refractivity contribution in [3.05, 3.63) is 29.8 Å². The molecule has 0 saturated carbocycles. The Bertz CT molecular complexity index is 396. The number of aliphatic hydroxyl groups excluding tert-OH is 1. The van der Waals surface area contributed by atoms with Crippen LogP contribution in [0, 0.1) is 0 Å². The highest BCUT2D eigenvalue weighted by Crippen LogP contribution is 2.14. The van der Waals surface area contributed by atoms with E-state index in [1.165, 1.54) is 0 Å². The van der Waals surface area contributed by atoms with Crippen LogP contribution in [0.4, 0.5) is 10.5 Å². The van der Waals surface area contributed by atoms with Gasteiger partial charge in [-0.05, 0) is 51.3 Å². The number of carbonyl (C=O) groups is 1.